The summed E-state index contributed by atoms with van der Waals surface area (Å²) in [5.41, 5.74) is 4.10. The minimum atomic E-state index is -1.54. The fourth-order valence-electron chi connectivity index (χ4n) is 14.2. The molecule has 0 aromatic heterocycles. The fraction of sp³-hybridized carbons (Fsp3) is 0.783. The van der Waals surface area contributed by atoms with Crippen LogP contribution >= 0.6 is 10.3 Å². The van der Waals surface area contributed by atoms with Gasteiger partial charge in [-0.3, -0.25) is 4.79 Å². The summed E-state index contributed by atoms with van der Waals surface area (Å²) in [5.74, 6) is 3.76. The number of benzene rings is 1. The van der Waals surface area contributed by atoms with Crippen LogP contribution in [0.1, 0.15) is 156 Å². The normalized spacial score (nSPS) is 42.4. The molecule has 4 nitrogen and oxygen atoms in total. The Balaban J connectivity index is 1.22. The monoisotopic (exact) mass is 718 g/mol. The van der Waals surface area contributed by atoms with E-state index in [-0.39, 0.29) is 43.8 Å². The molecule has 5 fully saturated rings. The minimum Gasteiger partial charge on any atom is -0.465 e. The maximum absolute atomic E-state index is 15.0. The molecule has 6 aliphatic rings. The lowest BCUT2D eigenvalue weighted by Gasteiger charge is -2.72. The molecule has 1 aromatic rings. The van der Waals surface area contributed by atoms with Gasteiger partial charge >= 0.3 is 11.9 Å². The van der Waals surface area contributed by atoms with Crippen molar-refractivity contribution in [3.8, 4) is 0 Å². The first kappa shape index (κ1) is 37.6. The van der Waals surface area contributed by atoms with Crippen LogP contribution in [0.3, 0.4) is 0 Å². The van der Waals surface area contributed by atoms with E-state index in [0.29, 0.717) is 40.6 Å². The van der Waals surface area contributed by atoms with Crippen LogP contribution in [-0.4, -0.2) is 35.8 Å². The van der Waals surface area contributed by atoms with Gasteiger partial charge in [-0.15, -0.1) is 0 Å². The highest BCUT2D eigenvalue weighted by Gasteiger charge is 2.73. The third kappa shape index (κ3) is 5.17. The van der Waals surface area contributed by atoms with E-state index in [4.69, 9.17) is 8.92 Å². The lowest BCUT2D eigenvalue weighted by Crippen LogP contribution is -2.66. The molecule has 0 amide bonds. The van der Waals surface area contributed by atoms with Crippen molar-refractivity contribution in [1.82, 2.24) is 0 Å². The molecular formula is C46H70O4S. The van der Waals surface area contributed by atoms with E-state index >= 15 is 0 Å². The van der Waals surface area contributed by atoms with Gasteiger partial charge in [-0.2, -0.15) is 0 Å². The summed E-state index contributed by atoms with van der Waals surface area (Å²) in [7, 11) is -0.0917. The average Bonchev–Trinajstić information content (AvgIpc) is 3.68. The van der Waals surface area contributed by atoms with Crippen LogP contribution in [0.25, 0.3) is 5.57 Å². The largest absolute Gasteiger partial charge is 0.465 e. The number of allylic oxidation sites excluding steroid dienone is 2. The molecule has 0 radical (unpaired) electrons. The first-order valence-corrected chi connectivity index (χ1v) is 22.7. The molecular weight excluding hydrogens is 649 g/mol. The molecule has 1 unspecified atom stereocenters. The van der Waals surface area contributed by atoms with Crippen molar-refractivity contribution in [2.75, 3.05) is 19.1 Å². The number of esters is 1. The Morgan fingerprint density at radius 1 is 0.804 bits per heavy atom. The standard InChI is InChI=1S/C46H70O4S/c1-13-51(12,40(2,3)4)50-39(48)46-25-21-33(42(7)26-27-42)37(46)34-18-19-36-43(8)23-20-32(30-14-16-31(17-15-30)38(47)49-11)41(5,6)35(43)22-24-45(36,10)44(34,9)28-29-46/h14-17,20,33-37H,13,18-19,21-29H2,1-12H3/t33-,34-,35+,36-,37-,43+,44-,45-,46+/m1/s1. The molecule has 0 bridgehead atoms. The zero-order valence-electron chi connectivity index (χ0n) is 34.3. The van der Waals surface area contributed by atoms with Crippen LogP contribution in [0.2, 0.25) is 0 Å². The summed E-state index contributed by atoms with van der Waals surface area (Å²) in [6.07, 6.45) is 18.1. The predicted octanol–water partition coefficient (Wildman–Crippen LogP) is 12.1. The lowest BCUT2D eigenvalue weighted by atomic mass is 9.32. The number of methoxy groups -OCH3 is 1. The van der Waals surface area contributed by atoms with Gasteiger partial charge in [0, 0.05) is 10.5 Å². The van der Waals surface area contributed by atoms with Gasteiger partial charge in [0.05, 0.1) is 18.1 Å². The first-order chi connectivity index (χ1) is 23.7. The summed E-state index contributed by atoms with van der Waals surface area (Å²) >= 11 is 0. The first-order valence-electron chi connectivity index (χ1n) is 20.6. The highest BCUT2D eigenvalue weighted by Crippen LogP contribution is 2.79. The molecule has 6 aliphatic carbocycles. The SMILES string of the molecule is CCS(C)(OC(=O)[C@]12CC[C@@H](C3(C)CC3)[C@@H]1[C@H]1CC[C@@H]3[C@@]4(C)CC=C(c5ccc(C(=O)OC)cc5)C(C)(C)[C@@H]4CC[C@@]3(C)[C@]1(C)CC2)C(C)(C)C. The second kappa shape index (κ2) is 11.9. The number of rotatable bonds is 6. The third-order valence-corrected chi connectivity index (χ3v) is 22.3. The molecule has 0 saturated heterocycles. The van der Waals surface area contributed by atoms with E-state index in [2.05, 4.69) is 93.7 Å². The third-order valence-electron chi connectivity index (χ3n) is 18.1. The highest BCUT2D eigenvalue weighted by molar-refractivity contribution is 8.30. The summed E-state index contributed by atoms with van der Waals surface area (Å²) in [6, 6.07) is 8.11. The van der Waals surface area contributed by atoms with Crippen molar-refractivity contribution in [3.63, 3.8) is 0 Å². The zero-order valence-corrected chi connectivity index (χ0v) is 35.1. The van der Waals surface area contributed by atoms with Crippen LogP contribution in [-0.2, 0) is 13.7 Å². The van der Waals surface area contributed by atoms with Gasteiger partial charge in [0.25, 0.3) is 0 Å². The van der Waals surface area contributed by atoms with Crippen LogP contribution in [0.4, 0.5) is 0 Å². The van der Waals surface area contributed by atoms with E-state index in [0.717, 1.165) is 31.4 Å². The summed E-state index contributed by atoms with van der Waals surface area (Å²) in [6.45, 7) is 24.7. The molecule has 0 aliphatic heterocycles. The molecule has 0 heterocycles. The van der Waals surface area contributed by atoms with Gasteiger partial charge in [-0.05, 0) is 178 Å². The van der Waals surface area contributed by atoms with E-state index < -0.39 is 10.3 Å². The smallest absolute Gasteiger partial charge is 0.337 e. The Labute approximate surface area is 312 Å². The minimum absolute atomic E-state index is 0.0264. The maximum Gasteiger partial charge on any atom is 0.337 e. The molecule has 5 heteroatoms. The molecule has 1 aromatic carbocycles. The molecule has 7 rings (SSSR count). The number of fused-ring (bicyclic) bond motifs is 7. The van der Waals surface area contributed by atoms with Crippen LogP contribution in [0, 0.1) is 62.1 Å². The van der Waals surface area contributed by atoms with Gasteiger partial charge < -0.3 is 8.92 Å². The van der Waals surface area contributed by atoms with Crippen molar-refractivity contribution in [3.05, 3.63) is 41.5 Å². The van der Waals surface area contributed by atoms with Gasteiger partial charge in [0.15, 0.2) is 0 Å². The summed E-state index contributed by atoms with van der Waals surface area (Å²) < 4.78 is 11.9. The second-order valence-corrected chi connectivity index (χ2v) is 25.0. The van der Waals surface area contributed by atoms with E-state index in [9.17, 15) is 9.59 Å². The van der Waals surface area contributed by atoms with Gasteiger partial charge in [0.1, 0.15) is 0 Å². The molecule has 5 saturated carbocycles. The van der Waals surface area contributed by atoms with Crippen LogP contribution in [0.15, 0.2) is 30.3 Å². The molecule has 284 valence electrons. The molecule has 10 atom stereocenters. The van der Waals surface area contributed by atoms with E-state index in [1.165, 1.54) is 63.2 Å². The predicted molar refractivity (Wildman–Crippen MR) is 213 cm³/mol. The summed E-state index contributed by atoms with van der Waals surface area (Å²) in [5, 5.41) is 0. The fourth-order valence-corrected chi connectivity index (χ4v) is 15.9. The van der Waals surface area contributed by atoms with Crippen molar-refractivity contribution < 1.29 is 18.5 Å². The van der Waals surface area contributed by atoms with Crippen molar-refractivity contribution >= 4 is 27.8 Å². The van der Waals surface area contributed by atoms with Gasteiger partial charge in [0.2, 0.25) is 0 Å². The van der Waals surface area contributed by atoms with Crippen LogP contribution in [0.5, 0.6) is 0 Å². The van der Waals surface area contributed by atoms with E-state index in [1.807, 2.05) is 12.1 Å². The topological polar surface area (TPSA) is 52.6 Å². The van der Waals surface area contributed by atoms with Gasteiger partial charge in [-0.1, -0.05) is 77.0 Å². The van der Waals surface area contributed by atoms with Crippen molar-refractivity contribution in [2.45, 2.75) is 145 Å². The number of ether oxygens (including phenoxy) is 1. The Kier molecular flexibility index (Phi) is 8.74. The van der Waals surface area contributed by atoms with Gasteiger partial charge in [-0.25, -0.2) is 4.79 Å². The Bertz CT molecular complexity index is 1600. The molecule has 0 spiro atoms. The maximum atomic E-state index is 15.0. The van der Waals surface area contributed by atoms with E-state index in [1.54, 1.807) is 0 Å². The Morgan fingerprint density at radius 2 is 1.47 bits per heavy atom. The highest BCUT2D eigenvalue weighted by atomic mass is 32.3. The number of hydrogen-bond acceptors (Lipinski definition) is 4. The number of hydrogen-bond donors (Lipinski definition) is 0. The molecule has 51 heavy (non-hydrogen) atoms. The number of carbonyl (C=O) groups is 2. The number of carbonyl (C=O) groups excluding carboxylic acids is 2. The van der Waals surface area contributed by atoms with Crippen molar-refractivity contribution in [1.29, 1.82) is 0 Å². The zero-order chi connectivity index (χ0) is 37.2. The molecule has 0 N–H and O–H groups in total. The Morgan fingerprint density at radius 3 is 2.06 bits per heavy atom. The second-order valence-electron chi connectivity index (χ2n) is 21.0. The Hall–Kier alpha value is -1.75. The van der Waals surface area contributed by atoms with Crippen molar-refractivity contribution in [2.24, 2.45) is 62.1 Å². The average molecular weight is 719 g/mol. The van der Waals surface area contributed by atoms with Crippen LogP contribution < -0.4 is 0 Å². The lowest BCUT2D eigenvalue weighted by molar-refractivity contribution is -0.230. The quantitative estimate of drug-likeness (QED) is 0.275. The summed E-state index contributed by atoms with van der Waals surface area (Å²) in [4.78, 5) is 27.1.